The molecule has 1 atom stereocenters. The molecule has 1 fully saturated rings. The molecular weight excluding hydrogens is 308 g/mol. The van der Waals surface area contributed by atoms with Gasteiger partial charge in [0.15, 0.2) is 0 Å². The van der Waals surface area contributed by atoms with Crippen LogP contribution in [0.2, 0.25) is 0 Å². The second-order valence-corrected chi connectivity index (χ2v) is 5.70. The normalized spacial score (nSPS) is 19.6. The van der Waals surface area contributed by atoms with Crippen LogP contribution in [0.15, 0.2) is 48.5 Å². The monoisotopic (exact) mass is 326 g/mol. The molecule has 2 aromatic rings. The van der Waals surface area contributed by atoms with Gasteiger partial charge >= 0.3 is 6.03 Å². The Morgan fingerprint density at radius 2 is 1.79 bits per heavy atom. The number of urea groups is 1. The van der Waals surface area contributed by atoms with Crippen LogP contribution in [0.4, 0.5) is 4.79 Å². The van der Waals surface area contributed by atoms with Crippen LogP contribution < -0.4 is 20.1 Å². The number of carbonyl (C=O) groups excluding carboxylic acids is 2. The molecule has 1 aliphatic heterocycles. The van der Waals surface area contributed by atoms with E-state index in [4.69, 9.17) is 9.47 Å². The van der Waals surface area contributed by atoms with Gasteiger partial charge in [-0.15, -0.1) is 0 Å². The van der Waals surface area contributed by atoms with Gasteiger partial charge in [0, 0.05) is 0 Å². The van der Waals surface area contributed by atoms with Gasteiger partial charge in [-0.1, -0.05) is 24.3 Å². The van der Waals surface area contributed by atoms with E-state index in [1.807, 2.05) is 30.3 Å². The SMILES string of the molecule is COc1cccc(COc2cccc(C3(C)NC(=O)NC3=O)c2)c1. The number of nitrogens with one attached hydrogen (secondary N) is 2. The average molecular weight is 326 g/mol. The predicted octanol–water partition coefficient (Wildman–Crippen LogP) is 2.33. The van der Waals surface area contributed by atoms with Crippen molar-refractivity contribution >= 4 is 11.9 Å². The number of hydrogen-bond acceptors (Lipinski definition) is 4. The zero-order valence-electron chi connectivity index (χ0n) is 13.5. The summed E-state index contributed by atoms with van der Waals surface area (Å²) >= 11 is 0. The van der Waals surface area contributed by atoms with Gasteiger partial charge in [-0.2, -0.15) is 0 Å². The Hall–Kier alpha value is -3.02. The third-order valence-corrected chi connectivity index (χ3v) is 4.00. The number of amides is 3. The van der Waals surface area contributed by atoms with Gasteiger partial charge < -0.3 is 14.8 Å². The highest BCUT2D eigenvalue weighted by Gasteiger charge is 2.43. The van der Waals surface area contributed by atoms with Gasteiger partial charge in [0.25, 0.3) is 5.91 Å². The first-order valence-electron chi connectivity index (χ1n) is 7.51. The lowest BCUT2D eigenvalue weighted by atomic mass is 9.92. The van der Waals surface area contributed by atoms with Gasteiger partial charge in [-0.25, -0.2) is 4.79 Å². The number of ether oxygens (including phenoxy) is 2. The highest BCUT2D eigenvalue weighted by atomic mass is 16.5. The van der Waals surface area contributed by atoms with Crippen molar-refractivity contribution in [3.8, 4) is 11.5 Å². The Morgan fingerprint density at radius 3 is 2.50 bits per heavy atom. The van der Waals surface area contributed by atoms with Crippen LogP contribution in [0, 0.1) is 0 Å². The summed E-state index contributed by atoms with van der Waals surface area (Å²) in [4.78, 5) is 23.4. The molecule has 1 heterocycles. The Labute approximate surface area is 139 Å². The van der Waals surface area contributed by atoms with Crippen molar-refractivity contribution in [3.63, 3.8) is 0 Å². The molecule has 0 bridgehead atoms. The minimum absolute atomic E-state index is 0.371. The zero-order chi connectivity index (χ0) is 17.2. The summed E-state index contributed by atoms with van der Waals surface area (Å²) in [6, 6.07) is 14.2. The molecule has 124 valence electrons. The molecule has 2 N–H and O–H groups in total. The second-order valence-electron chi connectivity index (χ2n) is 5.70. The van der Waals surface area contributed by atoms with E-state index < -0.39 is 11.6 Å². The number of rotatable bonds is 5. The van der Waals surface area contributed by atoms with E-state index in [0.29, 0.717) is 17.9 Å². The van der Waals surface area contributed by atoms with E-state index in [-0.39, 0.29) is 5.91 Å². The first-order valence-corrected chi connectivity index (χ1v) is 7.51. The van der Waals surface area contributed by atoms with Crippen molar-refractivity contribution in [2.45, 2.75) is 19.1 Å². The molecule has 0 aliphatic carbocycles. The van der Waals surface area contributed by atoms with Crippen molar-refractivity contribution in [1.29, 1.82) is 0 Å². The van der Waals surface area contributed by atoms with E-state index in [1.54, 1.807) is 32.2 Å². The summed E-state index contributed by atoms with van der Waals surface area (Å²) in [5.41, 5.74) is 0.541. The number of methoxy groups -OCH3 is 1. The first kappa shape index (κ1) is 15.9. The fraction of sp³-hybridized carbons (Fsp3) is 0.222. The van der Waals surface area contributed by atoms with Crippen LogP contribution in [0.5, 0.6) is 11.5 Å². The molecule has 3 amide bonds. The van der Waals surface area contributed by atoms with Crippen molar-refractivity contribution in [2.75, 3.05) is 7.11 Å². The molecule has 1 saturated heterocycles. The molecule has 0 saturated carbocycles. The van der Waals surface area contributed by atoms with Crippen LogP contribution >= 0.6 is 0 Å². The van der Waals surface area contributed by atoms with Crippen LogP contribution in [-0.4, -0.2) is 19.0 Å². The van der Waals surface area contributed by atoms with Crippen LogP contribution in [0.1, 0.15) is 18.1 Å². The number of hydrogen-bond donors (Lipinski definition) is 2. The van der Waals surface area contributed by atoms with Gasteiger partial charge in [0.1, 0.15) is 23.6 Å². The molecule has 6 nitrogen and oxygen atoms in total. The van der Waals surface area contributed by atoms with E-state index >= 15 is 0 Å². The number of imide groups is 1. The maximum atomic E-state index is 12.0. The minimum atomic E-state index is -1.09. The summed E-state index contributed by atoms with van der Waals surface area (Å²) in [6.45, 7) is 2.03. The Bertz CT molecular complexity index is 790. The van der Waals surface area contributed by atoms with Crippen LogP contribution in [0.3, 0.4) is 0 Å². The standard InChI is InChI=1S/C18H18N2O4/c1-18(16(21)19-17(22)20-18)13-6-4-8-15(10-13)24-11-12-5-3-7-14(9-12)23-2/h3-10H,11H2,1-2H3,(H2,19,20,21,22). The van der Waals surface area contributed by atoms with E-state index in [1.165, 1.54) is 0 Å². The lowest BCUT2D eigenvalue weighted by molar-refractivity contribution is -0.123. The Balaban J connectivity index is 1.76. The van der Waals surface area contributed by atoms with Crippen molar-refractivity contribution in [3.05, 3.63) is 59.7 Å². The molecule has 0 radical (unpaired) electrons. The fourth-order valence-corrected chi connectivity index (χ4v) is 2.57. The highest BCUT2D eigenvalue weighted by Crippen LogP contribution is 2.27. The smallest absolute Gasteiger partial charge is 0.322 e. The summed E-state index contributed by atoms with van der Waals surface area (Å²) in [6.07, 6.45) is 0. The molecule has 0 aromatic heterocycles. The Kier molecular flexibility index (Phi) is 4.12. The molecule has 24 heavy (non-hydrogen) atoms. The van der Waals surface area contributed by atoms with Gasteiger partial charge in [0.05, 0.1) is 7.11 Å². The summed E-state index contributed by atoms with van der Waals surface area (Å²) < 4.78 is 11.0. The van der Waals surface area contributed by atoms with E-state index in [9.17, 15) is 9.59 Å². The van der Waals surface area contributed by atoms with Crippen molar-refractivity contribution < 1.29 is 19.1 Å². The minimum Gasteiger partial charge on any atom is -0.497 e. The molecule has 0 spiro atoms. The zero-order valence-corrected chi connectivity index (χ0v) is 13.5. The van der Waals surface area contributed by atoms with Crippen molar-refractivity contribution in [1.82, 2.24) is 10.6 Å². The second kappa shape index (κ2) is 6.23. The van der Waals surface area contributed by atoms with E-state index in [0.717, 1.165) is 11.3 Å². The molecule has 6 heteroatoms. The summed E-state index contributed by atoms with van der Waals surface area (Å²) in [5.74, 6) is 1.01. The topological polar surface area (TPSA) is 76.7 Å². The molecule has 1 aliphatic rings. The summed E-state index contributed by atoms with van der Waals surface area (Å²) in [7, 11) is 1.62. The van der Waals surface area contributed by atoms with Crippen LogP contribution in [-0.2, 0) is 16.9 Å². The third-order valence-electron chi connectivity index (χ3n) is 4.00. The quantitative estimate of drug-likeness (QED) is 0.827. The highest BCUT2D eigenvalue weighted by molar-refractivity contribution is 6.07. The average Bonchev–Trinajstić information content (AvgIpc) is 2.86. The van der Waals surface area contributed by atoms with Crippen molar-refractivity contribution in [2.24, 2.45) is 0 Å². The Morgan fingerprint density at radius 1 is 1.04 bits per heavy atom. The molecule has 3 rings (SSSR count). The first-order chi connectivity index (χ1) is 11.5. The lowest BCUT2D eigenvalue weighted by Gasteiger charge is -2.21. The van der Waals surface area contributed by atoms with Gasteiger partial charge in [-0.3, -0.25) is 10.1 Å². The molecule has 2 aromatic carbocycles. The molecular formula is C18H18N2O4. The lowest BCUT2D eigenvalue weighted by Crippen LogP contribution is -2.40. The number of benzene rings is 2. The predicted molar refractivity (Wildman–Crippen MR) is 87.8 cm³/mol. The van der Waals surface area contributed by atoms with Crippen LogP contribution in [0.25, 0.3) is 0 Å². The van der Waals surface area contributed by atoms with Gasteiger partial charge in [0.2, 0.25) is 0 Å². The largest absolute Gasteiger partial charge is 0.497 e. The number of carbonyl (C=O) groups is 2. The maximum Gasteiger partial charge on any atom is 0.322 e. The van der Waals surface area contributed by atoms with E-state index in [2.05, 4.69) is 10.6 Å². The summed E-state index contributed by atoms with van der Waals surface area (Å²) in [5, 5.41) is 4.89. The maximum absolute atomic E-state index is 12.0. The van der Waals surface area contributed by atoms with Gasteiger partial charge in [-0.05, 0) is 42.3 Å². The molecule has 1 unspecified atom stereocenters. The fourth-order valence-electron chi connectivity index (χ4n) is 2.57. The third kappa shape index (κ3) is 3.03.